The summed E-state index contributed by atoms with van der Waals surface area (Å²) in [5.41, 5.74) is 0.491. The van der Waals surface area contributed by atoms with Gasteiger partial charge in [0.25, 0.3) is 0 Å². The van der Waals surface area contributed by atoms with Gasteiger partial charge in [0.1, 0.15) is 29.2 Å². The average molecular weight is 535 g/mol. The Morgan fingerprint density at radius 2 is 1.97 bits per heavy atom. The van der Waals surface area contributed by atoms with Crippen molar-refractivity contribution >= 4 is 41.8 Å². The number of amides is 1. The second-order valence-electron chi connectivity index (χ2n) is 9.92. The van der Waals surface area contributed by atoms with Gasteiger partial charge in [0.2, 0.25) is 0 Å². The Bertz CT molecular complexity index is 1330. The van der Waals surface area contributed by atoms with Gasteiger partial charge in [0, 0.05) is 24.7 Å². The van der Waals surface area contributed by atoms with Crippen molar-refractivity contribution in [2.75, 3.05) is 18.4 Å². The third-order valence-corrected chi connectivity index (χ3v) is 6.13. The van der Waals surface area contributed by atoms with Crippen LogP contribution in [-0.2, 0) is 4.74 Å². The van der Waals surface area contributed by atoms with Gasteiger partial charge in [-0.3, -0.25) is 5.41 Å². The highest BCUT2D eigenvalue weighted by Crippen LogP contribution is 2.33. The quantitative estimate of drug-likeness (QED) is 0.335. The van der Waals surface area contributed by atoms with Gasteiger partial charge in [-0.2, -0.15) is 0 Å². The van der Waals surface area contributed by atoms with Crippen LogP contribution in [0.5, 0.6) is 11.5 Å². The standard InChI is InChI=1S/C28H31ClN6O3/c1-28(2,3)38-27(36)35-14-8-9-19(16-35)34-26-23(25(31-4)32-17-33-26)24(30)18-12-13-22(21(29)15-18)37-20-10-6-5-7-11-20/h5-7,10-13,15,17,19,30H,4,8-9,14,16H2,1-3H3,(H,32,33,34). The number of piperidine rings is 1. The first-order chi connectivity index (χ1) is 18.1. The third-order valence-electron chi connectivity index (χ3n) is 5.83. The van der Waals surface area contributed by atoms with E-state index in [1.807, 2.05) is 51.1 Å². The summed E-state index contributed by atoms with van der Waals surface area (Å²) in [4.78, 5) is 27.0. The summed E-state index contributed by atoms with van der Waals surface area (Å²) in [5, 5.41) is 12.7. The van der Waals surface area contributed by atoms with Crippen molar-refractivity contribution in [3.8, 4) is 11.5 Å². The van der Waals surface area contributed by atoms with Crippen LogP contribution in [0.1, 0.15) is 44.7 Å². The van der Waals surface area contributed by atoms with Gasteiger partial charge in [-0.05, 0) is 70.7 Å². The zero-order valence-corrected chi connectivity index (χ0v) is 22.5. The minimum absolute atomic E-state index is 0.0966. The van der Waals surface area contributed by atoms with Gasteiger partial charge in [0.15, 0.2) is 5.82 Å². The van der Waals surface area contributed by atoms with E-state index in [1.165, 1.54) is 6.33 Å². The molecule has 9 nitrogen and oxygen atoms in total. The fourth-order valence-corrected chi connectivity index (χ4v) is 4.33. The number of carbonyl (C=O) groups excluding carboxylic acids is 1. The van der Waals surface area contributed by atoms with Gasteiger partial charge in [-0.15, -0.1) is 0 Å². The number of benzene rings is 2. The average Bonchev–Trinajstić information content (AvgIpc) is 2.89. The van der Waals surface area contributed by atoms with Crippen LogP contribution in [0.3, 0.4) is 0 Å². The van der Waals surface area contributed by atoms with Crippen molar-refractivity contribution in [2.24, 2.45) is 4.99 Å². The van der Waals surface area contributed by atoms with Gasteiger partial charge in [0.05, 0.1) is 16.3 Å². The fraction of sp³-hybridized carbons (Fsp3) is 0.321. The van der Waals surface area contributed by atoms with E-state index in [0.29, 0.717) is 46.6 Å². The molecule has 4 rings (SSSR count). The molecule has 1 fully saturated rings. The van der Waals surface area contributed by atoms with Crippen molar-refractivity contribution in [1.29, 1.82) is 5.41 Å². The number of nitrogens with one attached hydrogen (secondary N) is 2. The molecule has 1 atom stereocenters. The van der Waals surface area contributed by atoms with Gasteiger partial charge in [-0.25, -0.2) is 19.8 Å². The molecular weight excluding hydrogens is 504 g/mol. The normalized spacial score (nSPS) is 15.5. The second-order valence-corrected chi connectivity index (χ2v) is 10.3. The largest absolute Gasteiger partial charge is 0.456 e. The van der Waals surface area contributed by atoms with Gasteiger partial charge in [-0.1, -0.05) is 29.8 Å². The Balaban J connectivity index is 1.55. The van der Waals surface area contributed by atoms with Crippen LogP contribution in [-0.4, -0.2) is 58.1 Å². The smallest absolute Gasteiger partial charge is 0.410 e. The number of aromatic nitrogens is 2. The molecule has 1 aliphatic heterocycles. The summed E-state index contributed by atoms with van der Waals surface area (Å²) in [6.45, 7) is 10.2. The molecule has 0 spiro atoms. The maximum absolute atomic E-state index is 12.6. The van der Waals surface area contributed by atoms with E-state index in [-0.39, 0.29) is 23.7 Å². The Morgan fingerprint density at radius 3 is 2.66 bits per heavy atom. The van der Waals surface area contributed by atoms with Crippen LogP contribution in [0.4, 0.5) is 16.4 Å². The Hall–Kier alpha value is -3.98. The predicted molar refractivity (Wildman–Crippen MR) is 150 cm³/mol. The summed E-state index contributed by atoms with van der Waals surface area (Å²) < 4.78 is 11.4. The van der Waals surface area contributed by atoms with E-state index in [4.69, 9.17) is 26.5 Å². The summed E-state index contributed by atoms with van der Waals surface area (Å²) in [7, 11) is 0. The molecule has 0 radical (unpaired) electrons. The molecule has 2 N–H and O–H groups in total. The van der Waals surface area contributed by atoms with Gasteiger partial charge < -0.3 is 19.7 Å². The van der Waals surface area contributed by atoms with E-state index < -0.39 is 5.60 Å². The summed E-state index contributed by atoms with van der Waals surface area (Å²) in [5.74, 6) is 1.84. The molecule has 2 heterocycles. The molecule has 2 aromatic carbocycles. The molecule has 38 heavy (non-hydrogen) atoms. The molecule has 1 unspecified atom stereocenters. The van der Waals surface area contributed by atoms with E-state index in [0.717, 1.165) is 12.8 Å². The van der Waals surface area contributed by atoms with Crippen LogP contribution >= 0.6 is 11.6 Å². The number of nitrogens with zero attached hydrogens (tertiary/aromatic N) is 4. The summed E-state index contributed by atoms with van der Waals surface area (Å²) in [6.07, 6.45) is 2.66. The van der Waals surface area contributed by atoms with Crippen LogP contribution < -0.4 is 10.1 Å². The Morgan fingerprint density at radius 1 is 1.21 bits per heavy atom. The van der Waals surface area contributed by atoms with E-state index in [9.17, 15) is 4.79 Å². The third kappa shape index (κ3) is 6.66. The molecule has 0 aliphatic carbocycles. The van der Waals surface area contributed by atoms with Gasteiger partial charge >= 0.3 is 6.09 Å². The lowest BCUT2D eigenvalue weighted by molar-refractivity contribution is 0.0206. The molecule has 1 saturated heterocycles. The number of likely N-dealkylation sites (tertiary alicyclic amines) is 1. The SMILES string of the molecule is C=Nc1ncnc(NC2CCCN(C(=O)OC(C)(C)C)C2)c1C(=N)c1ccc(Oc2ccccc2)c(Cl)c1. The molecular formula is C28H31ClN6O3. The van der Waals surface area contributed by atoms with Crippen molar-refractivity contribution in [3.05, 3.63) is 71.0 Å². The molecule has 0 bridgehead atoms. The van der Waals surface area contributed by atoms with Crippen molar-refractivity contribution < 1.29 is 14.3 Å². The lowest BCUT2D eigenvalue weighted by Gasteiger charge is -2.34. The molecule has 10 heteroatoms. The topological polar surface area (TPSA) is 113 Å². The van der Waals surface area contributed by atoms with Crippen LogP contribution in [0.2, 0.25) is 5.02 Å². The lowest BCUT2D eigenvalue weighted by atomic mass is 10.0. The van der Waals surface area contributed by atoms with Crippen molar-refractivity contribution in [2.45, 2.75) is 45.3 Å². The molecule has 0 saturated carbocycles. The maximum Gasteiger partial charge on any atom is 0.410 e. The Kier molecular flexibility index (Phi) is 8.26. The molecule has 1 amide bonds. The van der Waals surface area contributed by atoms with Crippen LogP contribution in [0.15, 0.2) is 59.9 Å². The highest BCUT2D eigenvalue weighted by Gasteiger charge is 2.29. The monoisotopic (exact) mass is 534 g/mol. The highest BCUT2D eigenvalue weighted by molar-refractivity contribution is 6.32. The van der Waals surface area contributed by atoms with E-state index in [2.05, 4.69) is 27.0 Å². The Labute approximate surface area is 227 Å². The number of rotatable bonds is 7. The molecule has 198 valence electrons. The zero-order chi connectivity index (χ0) is 27.3. The van der Waals surface area contributed by atoms with Crippen molar-refractivity contribution in [3.63, 3.8) is 0 Å². The minimum atomic E-state index is -0.570. The number of anilines is 1. The highest BCUT2D eigenvalue weighted by atomic mass is 35.5. The lowest BCUT2D eigenvalue weighted by Crippen LogP contribution is -2.47. The maximum atomic E-state index is 12.6. The number of carbonyl (C=O) groups is 1. The number of para-hydroxylation sites is 1. The first kappa shape index (κ1) is 27.1. The number of halogens is 1. The number of hydrogen-bond donors (Lipinski definition) is 2. The number of ether oxygens (including phenoxy) is 2. The molecule has 1 aliphatic rings. The number of aliphatic imine (C=N–C) groups is 1. The summed E-state index contributed by atoms with van der Waals surface area (Å²) in [6, 6.07) is 14.4. The second kappa shape index (κ2) is 11.6. The first-order valence-corrected chi connectivity index (χ1v) is 12.7. The fourth-order valence-electron chi connectivity index (χ4n) is 4.12. The van der Waals surface area contributed by atoms with E-state index in [1.54, 1.807) is 23.1 Å². The molecule has 3 aromatic rings. The number of hydrogen-bond acceptors (Lipinski definition) is 8. The zero-order valence-electron chi connectivity index (χ0n) is 21.7. The minimum Gasteiger partial charge on any atom is -0.456 e. The summed E-state index contributed by atoms with van der Waals surface area (Å²) >= 11 is 6.52. The molecule has 1 aromatic heterocycles. The van der Waals surface area contributed by atoms with Crippen LogP contribution in [0.25, 0.3) is 0 Å². The predicted octanol–water partition coefficient (Wildman–Crippen LogP) is 6.48. The first-order valence-electron chi connectivity index (χ1n) is 12.3. The van der Waals surface area contributed by atoms with Crippen molar-refractivity contribution in [1.82, 2.24) is 14.9 Å². The van der Waals surface area contributed by atoms with E-state index >= 15 is 0 Å². The van der Waals surface area contributed by atoms with Crippen LogP contribution in [0, 0.1) is 5.41 Å².